The highest BCUT2D eigenvalue weighted by molar-refractivity contribution is 5.96. The highest BCUT2D eigenvalue weighted by Gasteiger charge is 2.19. The van der Waals surface area contributed by atoms with E-state index in [-0.39, 0.29) is 29.6 Å². The first-order chi connectivity index (χ1) is 15.4. The molecular formula is C22H22FN3O6. The monoisotopic (exact) mass is 443 g/mol. The van der Waals surface area contributed by atoms with Gasteiger partial charge in [-0.25, -0.2) is 9.18 Å². The minimum Gasteiger partial charge on any atom is -0.493 e. The highest BCUT2D eigenvalue weighted by atomic mass is 19.1. The van der Waals surface area contributed by atoms with Crippen LogP contribution in [0.3, 0.4) is 0 Å². The molecule has 0 atom stereocenters. The Morgan fingerprint density at radius 2 is 2.12 bits per heavy atom. The molecule has 10 heteroatoms. The fourth-order valence-electron chi connectivity index (χ4n) is 3.44. The summed E-state index contributed by atoms with van der Waals surface area (Å²) < 4.78 is 32.4. The average molecular weight is 443 g/mol. The molecule has 1 fully saturated rings. The third-order valence-corrected chi connectivity index (χ3v) is 5.13. The summed E-state index contributed by atoms with van der Waals surface area (Å²) in [6, 6.07) is 7.06. The molecule has 0 bridgehead atoms. The zero-order valence-corrected chi connectivity index (χ0v) is 17.4. The number of ether oxygens (including phenoxy) is 3. The standard InChI is InChI=1S/C22H22FN3O6/c1-25-18-11-20(16(22(28)29)9-14(18)12-24-25)32-19-4-3-15(10-17(19)23)31-7-2-5-26-6-8-30-13-21(26)27/h3-4,9-12H,2,5-8,13H2,1H3,(H,28,29). The van der Waals surface area contributed by atoms with Crippen molar-refractivity contribution < 1.29 is 33.3 Å². The summed E-state index contributed by atoms with van der Waals surface area (Å²) in [6.45, 7) is 2.04. The fraction of sp³-hybridized carbons (Fsp3) is 0.318. The van der Waals surface area contributed by atoms with Crippen LogP contribution in [0.25, 0.3) is 10.9 Å². The maximum absolute atomic E-state index is 14.6. The first-order valence-corrected chi connectivity index (χ1v) is 10.1. The van der Waals surface area contributed by atoms with E-state index in [4.69, 9.17) is 14.2 Å². The smallest absolute Gasteiger partial charge is 0.339 e. The van der Waals surface area contributed by atoms with Crippen LogP contribution < -0.4 is 9.47 Å². The van der Waals surface area contributed by atoms with Gasteiger partial charge in [-0.15, -0.1) is 0 Å². The third-order valence-electron chi connectivity index (χ3n) is 5.13. The number of carboxylic acids is 1. The zero-order valence-electron chi connectivity index (χ0n) is 17.4. The van der Waals surface area contributed by atoms with Crippen LogP contribution in [0.5, 0.6) is 17.2 Å². The normalized spacial score (nSPS) is 14.1. The molecule has 0 unspecified atom stereocenters. The number of carboxylic acid groups (broad SMARTS) is 1. The van der Waals surface area contributed by atoms with Gasteiger partial charge in [-0.2, -0.15) is 5.10 Å². The van der Waals surface area contributed by atoms with Gasteiger partial charge in [0, 0.05) is 37.7 Å². The van der Waals surface area contributed by atoms with Crippen LogP contribution in [0.4, 0.5) is 4.39 Å². The van der Waals surface area contributed by atoms with Gasteiger partial charge < -0.3 is 24.2 Å². The second kappa shape index (κ2) is 9.23. The van der Waals surface area contributed by atoms with Gasteiger partial charge in [0.25, 0.3) is 0 Å². The van der Waals surface area contributed by atoms with Crippen molar-refractivity contribution >= 4 is 22.8 Å². The number of amides is 1. The van der Waals surface area contributed by atoms with E-state index in [1.54, 1.807) is 28.9 Å². The molecule has 1 saturated heterocycles. The lowest BCUT2D eigenvalue weighted by molar-refractivity contribution is -0.142. The maximum Gasteiger partial charge on any atom is 0.339 e. The van der Waals surface area contributed by atoms with Crippen molar-refractivity contribution in [2.45, 2.75) is 6.42 Å². The van der Waals surface area contributed by atoms with Crippen LogP contribution in [0, 0.1) is 5.82 Å². The first-order valence-electron chi connectivity index (χ1n) is 10.1. The molecule has 1 aliphatic heterocycles. The number of halogens is 1. The highest BCUT2D eigenvalue weighted by Crippen LogP contribution is 2.32. The topological polar surface area (TPSA) is 103 Å². The molecule has 168 valence electrons. The van der Waals surface area contributed by atoms with Crippen LogP contribution >= 0.6 is 0 Å². The van der Waals surface area contributed by atoms with Gasteiger partial charge in [0.05, 0.1) is 24.9 Å². The quantitative estimate of drug-likeness (QED) is 0.534. The largest absolute Gasteiger partial charge is 0.493 e. The molecule has 4 rings (SSSR count). The molecule has 9 nitrogen and oxygen atoms in total. The SMILES string of the molecule is Cn1ncc2cc(C(=O)O)c(Oc3ccc(OCCCN4CCOCC4=O)cc3F)cc21. The molecule has 0 saturated carbocycles. The second-order valence-electron chi connectivity index (χ2n) is 7.31. The Labute approximate surface area is 182 Å². The number of aryl methyl sites for hydroxylation is 1. The van der Waals surface area contributed by atoms with Gasteiger partial charge in [-0.1, -0.05) is 0 Å². The molecule has 2 aromatic carbocycles. The number of hydrogen-bond donors (Lipinski definition) is 1. The van der Waals surface area contributed by atoms with Crippen LogP contribution in [0.15, 0.2) is 36.5 Å². The van der Waals surface area contributed by atoms with Gasteiger partial charge in [-0.05, 0) is 24.6 Å². The summed E-state index contributed by atoms with van der Waals surface area (Å²) in [7, 11) is 1.72. The molecule has 0 radical (unpaired) electrons. The number of fused-ring (bicyclic) bond motifs is 1. The van der Waals surface area contributed by atoms with Crippen molar-refractivity contribution in [1.82, 2.24) is 14.7 Å². The van der Waals surface area contributed by atoms with E-state index in [0.717, 1.165) is 0 Å². The van der Waals surface area contributed by atoms with Gasteiger partial charge in [0.1, 0.15) is 23.7 Å². The minimum absolute atomic E-state index is 0.0105. The van der Waals surface area contributed by atoms with Gasteiger partial charge >= 0.3 is 5.97 Å². The lowest BCUT2D eigenvalue weighted by Gasteiger charge is -2.26. The summed E-state index contributed by atoms with van der Waals surface area (Å²) in [5.74, 6) is -1.73. The summed E-state index contributed by atoms with van der Waals surface area (Å²) in [4.78, 5) is 25.0. The Balaban J connectivity index is 1.41. The molecule has 32 heavy (non-hydrogen) atoms. The zero-order chi connectivity index (χ0) is 22.7. The summed E-state index contributed by atoms with van der Waals surface area (Å²) in [6.07, 6.45) is 2.14. The van der Waals surface area contributed by atoms with E-state index in [9.17, 15) is 19.1 Å². The predicted octanol–water partition coefficient (Wildman–Crippen LogP) is 2.83. The van der Waals surface area contributed by atoms with E-state index in [1.165, 1.54) is 24.3 Å². The van der Waals surface area contributed by atoms with Crippen molar-refractivity contribution in [1.29, 1.82) is 0 Å². The van der Waals surface area contributed by atoms with Crippen LogP contribution in [-0.2, 0) is 16.6 Å². The molecule has 0 aliphatic carbocycles. The Bertz CT molecular complexity index is 1160. The molecular weight excluding hydrogens is 421 g/mol. The van der Waals surface area contributed by atoms with Gasteiger partial charge in [0.2, 0.25) is 5.91 Å². The molecule has 1 aliphatic rings. The number of benzene rings is 2. The molecule has 0 spiro atoms. The maximum atomic E-state index is 14.6. The number of carbonyl (C=O) groups is 2. The minimum atomic E-state index is -1.19. The molecule has 1 aromatic heterocycles. The molecule has 1 amide bonds. The fourth-order valence-corrected chi connectivity index (χ4v) is 3.44. The second-order valence-corrected chi connectivity index (χ2v) is 7.31. The number of carbonyl (C=O) groups excluding carboxylic acids is 1. The third kappa shape index (κ3) is 4.65. The first kappa shape index (κ1) is 21.6. The Morgan fingerprint density at radius 3 is 2.88 bits per heavy atom. The van der Waals surface area contributed by atoms with Crippen molar-refractivity contribution in [2.75, 3.05) is 32.9 Å². The number of nitrogens with zero attached hydrogens (tertiary/aromatic N) is 3. The van der Waals surface area contributed by atoms with Crippen molar-refractivity contribution in [3.8, 4) is 17.2 Å². The Morgan fingerprint density at radius 1 is 1.28 bits per heavy atom. The van der Waals surface area contributed by atoms with Crippen LogP contribution in [-0.4, -0.2) is 64.6 Å². The number of aromatic carboxylic acids is 1. The van der Waals surface area contributed by atoms with Crippen molar-refractivity contribution in [3.63, 3.8) is 0 Å². The van der Waals surface area contributed by atoms with E-state index >= 15 is 0 Å². The number of rotatable bonds is 8. The molecule has 3 aromatic rings. The average Bonchev–Trinajstić information content (AvgIpc) is 3.13. The van der Waals surface area contributed by atoms with Gasteiger partial charge in [-0.3, -0.25) is 9.48 Å². The lowest BCUT2D eigenvalue weighted by Crippen LogP contribution is -2.42. The van der Waals surface area contributed by atoms with E-state index in [1.807, 2.05) is 0 Å². The van der Waals surface area contributed by atoms with Crippen molar-refractivity contribution in [2.24, 2.45) is 7.05 Å². The number of morpholine rings is 1. The van der Waals surface area contributed by atoms with E-state index < -0.39 is 11.8 Å². The van der Waals surface area contributed by atoms with E-state index in [2.05, 4.69) is 5.10 Å². The predicted molar refractivity (Wildman–Crippen MR) is 112 cm³/mol. The molecule has 2 heterocycles. The van der Waals surface area contributed by atoms with Crippen LogP contribution in [0.2, 0.25) is 0 Å². The summed E-state index contributed by atoms with van der Waals surface area (Å²) >= 11 is 0. The van der Waals surface area contributed by atoms with E-state index in [0.29, 0.717) is 49.4 Å². The number of hydrogen-bond acceptors (Lipinski definition) is 6. The van der Waals surface area contributed by atoms with Crippen molar-refractivity contribution in [3.05, 3.63) is 47.9 Å². The Kier molecular flexibility index (Phi) is 6.22. The Hall–Kier alpha value is -3.66. The van der Waals surface area contributed by atoms with Gasteiger partial charge in [0.15, 0.2) is 11.6 Å². The lowest BCUT2D eigenvalue weighted by atomic mass is 10.1. The molecule has 1 N–H and O–H groups in total. The summed E-state index contributed by atoms with van der Waals surface area (Å²) in [5, 5.41) is 14.2. The van der Waals surface area contributed by atoms with Crippen LogP contribution in [0.1, 0.15) is 16.8 Å². The summed E-state index contributed by atoms with van der Waals surface area (Å²) in [5.41, 5.74) is 0.562. The number of aromatic nitrogens is 2.